The van der Waals surface area contributed by atoms with E-state index in [-0.39, 0.29) is 0 Å². The standard InChI is InChI=1S/C12H20N2S/c1-9-5-6-12(15-9)10(2)14-11-4-3-7-13-8-11/h5-6,10-11,13-14H,3-4,7-8H2,1-2H3. The Bertz CT molecular complexity index is 302. The summed E-state index contributed by atoms with van der Waals surface area (Å²) in [5, 5.41) is 7.13. The lowest BCUT2D eigenvalue weighted by molar-refractivity contribution is 0.364. The predicted octanol–water partition coefficient (Wildman–Crippen LogP) is 2.46. The van der Waals surface area contributed by atoms with Crippen LogP contribution in [0.3, 0.4) is 0 Å². The van der Waals surface area contributed by atoms with E-state index in [9.17, 15) is 0 Å². The Kier molecular flexibility index (Phi) is 3.78. The van der Waals surface area contributed by atoms with Crippen LogP contribution in [-0.2, 0) is 0 Å². The minimum Gasteiger partial charge on any atom is -0.315 e. The van der Waals surface area contributed by atoms with Crippen LogP contribution in [0.4, 0.5) is 0 Å². The van der Waals surface area contributed by atoms with E-state index in [1.807, 2.05) is 11.3 Å². The second-order valence-electron chi connectivity index (χ2n) is 4.38. The Morgan fingerprint density at radius 1 is 1.53 bits per heavy atom. The summed E-state index contributed by atoms with van der Waals surface area (Å²) in [4.78, 5) is 2.86. The van der Waals surface area contributed by atoms with E-state index < -0.39 is 0 Å². The molecule has 0 spiro atoms. The molecule has 2 unspecified atom stereocenters. The molecule has 0 aromatic carbocycles. The van der Waals surface area contributed by atoms with Gasteiger partial charge in [0.2, 0.25) is 0 Å². The van der Waals surface area contributed by atoms with Crippen molar-refractivity contribution >= 4 is 11.3 Å². The number of rotatable bonds is 3. The summed E-state index contributed by atoms with van der Waals surface area (Å²) in [5.41, 5.74) is 0. The highest BCUT2D eigenvalue weighted by molar-refractivity contribution is 7.12. The van der Waals surface area contributed by atoms with Crippen LogP contribution in [0.1, 0.15) is 35.6 Å². The zero-order valence-electron chi connectivity index (χ0n) is 9.55. The fraction of sp³-hybridized carbons (Fsp3) is 0.667. The number of hydrogen-bond acceptors (Lipinski definition) is 3. The first-order chi connectivity index (χ1) is 7.25. The normalized spacial score (nSPS) is 24.0. The fourth-order valence-electron chi connectivity index (χ4n) is 2.12. The highest BCUT2D eigenvalue weighted by Crippen LogP contribution is 2.23. The van der Waals surface area contributed by atoms with Crippen molar-refractivity contribution in [3.8, 4) is 0 Å². The zero-order chi connectivity index (χ0) is 10.7. The molecule has 2 N–H and O–H groups in total. The molecule has 3 heteroatoms. The molecule has 1 aromatic rings. The molecule has 0 saturated carbocycles. The fourth-order valence-corrected chi connectivity index (χ4v) is 3.00. The summed E-state index contributed by atoms with van der Waals surface area (Å²) < 4.78 is 0. The molecule has 2 nitrogen and oxygen atoms in total. The first kappa shape index (κ1) is 11.1. The summed E-state index contributed by atoms with van der Waals surface area (Å²) >= 11 is 1.90. The van der Waals surface area contributed by atoms with Gasteiger partial charge in [-0.3, -0.25) is 0 Å². The lowest BCUT2D eigenvalue weighted by Crippen LogP contribution is -2.43. The van der Waals surface area contributed by atoms with Crippen LogP contribution in [0.5, 0.6) is 0 Å². The van der Waals surface area contributed by atoms with E-state index in [4.69, 9.17) is 0 Å². The SMILES string of the molecule is Cc1ccc(C(C)NC2CCCNC2)s1. The summed E-state index contributed by atoms with van der Waals surface area (Å²) in [5.74, 6) is 0. The first-order valence-electron chi connectivity index (χ1n) is 5.79. The minimum atomic E-state index is 0.494. The number of piperidine rings is 1. The van der Waals surface area contributed by atoms with Gasteiger partial charge in [-0.15, -0.1) is 11.3 Å². The smallest absolute Gasteiger partial charge is 0.0388 e. The van der Waals surface area contributed by atoms with E-state index in [1.165, 1.54) is 29.1 Å². The lowest BCUT2D eigenvalue weighted by Gasteiger charge is -2.26. The van der Waals surface area contributed by atoms with Crippen LogP contribution in [0.25, 0.3) is 0 Å². The van der Waals surface area contributed by atoms with Crippen molar-refractivity contribution in [2.24, 2.45) is 0 Å². The second kappa shape index (κ2) is 5.10. The molecule has 15 heavy (non-hydrogen) atoms. The quantitative estimate of drug-likeness (QED) is 0.824. The topological polar surface area (TPSA) is 24.1 Å². The maximum absolute atomic E-state index is 3.70. The average Bonchev–Trinajstić information content (AvgIpc) is 2.66. The van der Waals surface area contributed by atoms with Crippen molar-refractivity contribution < 1.29 is 0 Å². The van der Waals surface area contributed by atoms with Crippen LogP contribution in [0.2, 0.25) is 0 Å². The summed E-state index contributed by atoms with van der Waals surface area (Å²) in [7, 11) is 0. The van der Waals surface area contributed by atoms with Gasteiger partial charge in [-0.2, -0.15) is 0 Å². The van der Waals surface area contributed by atoms with Crippen molar-refractivity contribution in [1.82, 2.24) is 10.6 Å². The van der Waals surface area contributed by atoms with E-state index >= 15 is 0 Å². The third kappa shape index (κ3) is 3.03. The molecule has 1 aliphatic heterocycles. The Labute approximate surface area is 96.1 Å². The van der Waals surface area contributed by atoms with Gasteiger partial charge in [-0.25, -0.2) is 0 Å². The number of hydrogen-bond donors (Lipinski definition) is 2. The number of aryl methyl sites for hydroxylation is 1. The maximum atomic E-state index is 3.70. The van der Waals surface area contributed by atoms with Gasteiger partial charge in [0, 0.05) is 28.4 Å². The van der Waals surface area contributed by atoms with Gasteiger partial charge in [-0.05, 0) is 45.4 Å². The molecule has 1 fully saturated rings. The third-order valence-electron chi connectivity index (χ3n) is 2.97. The molecular formula is C12H20N2S. The highest BCUT2D eigenvalue weighted by Gasteiger charge is 2.16. The molecule has 0 amide bonds. The van der Waals surface area contributed by atoms with Crippen molar-refractivity contribution in [2.75, 3.05) is 13.1 Å². The van der Waals surface area contributed by atoms with Gasteiger partial charge in [0.1, 0.15) is 0 Å². The molecule has 1 aromatic heterocycles. The first-order valence-corrected chi connectivity index (χ1v) is 6.60. The van der Waals surface area contributed by atoms with E-state index in [0.29, 0.717) is 12.1 Å². The average molecular weight is 224 g/mol. The molecule has 1 aliphatic rings. The molecule has 0 bridgehead atoms. The van der Waals surface area contributed by atoms with Gasteiger partial charge in [-0.1, -0.05) is 0 Å². The monoisotopic (exact) mass is 224 g/mol. The van der Waals surface area contributed by atoms with Crippen molar-refractivity contribution in [3.05, 3.63) is 21.9 Å². The molecule has 2 atom stereocenters. The van der Waals surface area contributed by atoms with Gasteiger partial charge in [0.25, 0.3) is 0 Å². The second-order valence-corrected chi connectivity index (χ2v) is 5.70. The van der Waals surface area contributed by atoms with Gasteiger partial charge < -0.3 is 10.6 Å². The molecule has 84 valence electrons. The van der Waals surface area contributed by atoms with Crippen molar-refractivity contribution in [2.45, 2.75) is 38.8 Å². The molecule has 0 radical (unpaired) electrons. The van der Waals surface area contributed by atoms with E-state index in [1.54, 1.807) is 0 Å². The Morgan fingerprint density at radius 2 is 2.40 bits per heavy atom. The molecule has 2 heterocycles. The largest absolute Gasteiger partial charge is 0.315 e. The Hall–Kier alpha value is -0.380. The van der Waals surface area contributed by atoms with Gasteiger partial charge >= 0.3 is 0 Å². The van der Waals surface area contributed by atoms with E-state index in [2.05, 4.69) is 36.6 Å². The van der Waals surface area contributed by atoms with Crippen molar-refractivity contribution in [1.29, 1.82) is 0 Å². The van der Waals surface area contributed by atoms with E-state index in [0.717, 1.165) is 6.54 Å². The molecular weight excluding hydrogens is 204 g/mol. The molecule has 1 saturated heterocycles. The van der Waals surface area contributed by atoms with Gasteiger partial charge in [0.15, 0.2) is 0 Å². The summed E-state index contributed by atoms with van der Waals surface area (Å²) in [6, 6.07) is 5.59. The predicted molar refractivity (Wildman–Crippen MR) is 66.5 cm³/mol. The summed E-state index contributed by atoms with van der Waals surface area (Å²) in [6.45, 7) is 6.74. The van der Waals surface area contributed by atoms with Gasteiger partial charge in [0.05, 0.1) is 0 Å². The Morgan fingerprint density at radius 3 is 3.00 bits per heavy atom. The number of thiophene rings is 1. The number of nitrogens with one attached hydrogen (secondary N) is 2. The molecule has 0 aliphatic carbocycles. The Balaban J connectivity index is 1.88. The van der Waals surface area contributed by atoms with Crippen LogP contribution in [0.15, 0.2) is 12.1 Å². The van der Waals surface area contributed by atoms with Crippen LogP contribution < -0.4 is 10.6 Å². The lowest BCUT2D eigenvalue weighted by atomic mass is 10.1. The third-order valence-corrected chi connectivity index (χ3v) is 4.15. The van der Waals surface area contributed by atoms with Crippen LogP contribution >= 0.6 is 11.3 Å². The summed E-state index contributed by atoms with van der Waals surface area (Å²) in [6.07, 6.45) is 2.61. The van der Waals surface area contributed by atoms with Crippen molar-refractivity contribution in [3.63, 3.8) is 0 Å². The van der Waals surface area contributed by atoms with Crippen LogP contribution in [0, 0.1) is 6.92 Å². The zero-order valence-corrected chi connectivity index (χ0v) is 10.4. The van der Waals surface area contributed by atoms with Crippen LogP contribution in [-0.4, -0.2) is 19.1 Å². The maximum Gasteiger partial charge on any atom is 0.0388 e. The minimum absolute atomic E-state index is 0.494. The highest BCUT2D eigenvalue weighted by atomic mass is 32.1. The molecule has 2 rings (SSSR count).